The molecule has 0 saturated carbocycles. The molecule has 7 nitrogen and oxygen atoms in total. The Labute approximate surface area is 129 Å². The topological polar surface area (TPSA) is 116 Å². The molecule has 0 saturated heterocycles. The summed E-state index contributed by atoms with van der Waals surface area (Å²) < 4.78 is 0. The molecule has 0 aromatic heterocycles. The third-order valence-corrected chi connectivity index (χ3v) is 3.20. The molecule has 9 heteroatoms. The summed E-state index contributed by atoms with van der Waals surface area (Å²) in [5.74, 6) is -2.81. The highest BCUT2D eigenvalue weighted by atomic mass is 35.5. The number of halogens is 2. The van der Waals surface area contributed by atoms with Crippen molar-refractivity contribution in [2.45, 2.75) is 19.4 Å². The van der Waals surface area contributed by atoms with Crippen LogP contribution in [0.25, 0.3) is 0 Å². The number of amides is 2. The first-order valence-corrected chi connectivity index (χ1v) is 6.44. The number of nitrogens with one attached hydrogen (secondary N) is 2. The number of hydrogen-bond donors (Lipinski definition) is 4. The number of carbonyl (C=O) groups excluding carboxylic acids is 1. The molecule has 0 bridgehead atoms. The van der Waals surface area contributed by atoms with Crippen molar-refractivity contribution in [3.8, 4) is 0 Å². The summed E-state index contributed by atoms with van der Waals surface area (Å²) in [5.41, 5.74) is 0.895. The number of urea groups is 1. The molecule has 0 fully saturated rings. The van der Waals surface area contributed by atoms with Crippen LogP contribution in [-0.2, 0) is 9.59 Å². The highest BCUT2D eigenvalue weighted by Crippen LogP contribution is 2.28. The summed E-state index contributed by atoms with van der Waals surface area (Å²) in [6, 6.07) is 0.490. The highest BCUT2D eigenvalue weighted by molar-refractivity contribution is 6.36. The summed E-state index contributed by atoms with van der Waals surface area (Å²) in [7, 11) is 0. The van der Waals surface area contributed by atoms with Crippen LogP contribution in [0.3, 0.4) is 0 Å². The van der Waals surface area contributed by atoms with Gasteiger partial charge >= 0.3 is 18.0 Å². The van der Waals surface area contributed by atoms with Crippen molar-refractivity contribution in [3.05, 3.63) is 27.7 Å². The molecule has 1 atom stereocenters. The molecule has 1 rings (SSSR count). The lowest BCUT2D eigenvalue weighted by molar-refractivity contribution is -0.145. The molecule has 21 heavy (non-hydrogen) atoms. The second-order valence-electron chi connectivity index (χ2n) is 4.17. The second-order valence-corrected chi connectivity index (χ2v) is 4.98. The van der Waals surface area contributed by atoms with Crippen molar-refractivity contribution in [1.82, 2.24) is 5.32 Å². The van der Waals surface area contributed by atoms with Gasteiger partial charge in [-0.25, -0.2) is 9.59 Å². The zero-order valence-corrected chi connectivity index (χ0v) is 12.3. The number of hydrogen-bond acceptors (Lipinski definition) is 3. The summed E-state index contributed by atoms with van der Waals surface area (Å²) in [6.07, 6.45) is -0.745. The van der Waals surface area contributed by atoms with Gasteiger partial charge in [-0.3, -0.25) is 4.79 Å². The van der Waals surface area contributed by atoms with Crippen LogP contribution in [0, 0.1) is 6.92 Å². The number of carbonyl (C=O) groups is 3. The Balaban J connectivity index is 2.79. The monoisotopic (exact) mass is 334 g/mol. The molecule has 0 spiro atoms. The van der Waals surface area contributed by atoms with E-state index in [4.69, 9.17) is 33.4 Å². The van der Waals surface area contributed by atoms with Crippen LogP contribution < -0.4 is 10.6 Å². The van der Waals surface area contributed by atoms with Gasteiger partial charge in [0, 0.05) is 5.02 Å². The Morgan fingerprint density at radius 1 is 1.19 bits per heavy atom. The van der Waals surface area contributed by atoms with E-state index in [-0.39, 0.29) is 10.7 Å². The molecule has 1 aromatic carbocycles. The van der Waals surface area contributed by atoms with Crippen LogP contribution in [0.5, 0.6) is 0 Å². The fourth-order valence-electron chi connectivity index (χ4n) is 1.43. The van der Waals surface area contributed by atoms with Gasteiger partial charge in [0.25, 0.3) is 0 Å². The molecule has 0 unspecified atom stereocenters. The van der Waals surface area contributed by atoms with Crippen molar-refractivity contribution in [3.63, 3.8) is 0 Å². The number of rotatable bonds is 5. The fourth-order valence-corrected chi connectivity index (χ4v) is 1.86. The molecule has 0 heterocycles. The first-order chi connectivity index (χ1) is 9.70. The minimum Gasteiger partial charge on any atom is -0.481 e. The van der Waals surface area contributed by atoms with E-state index in [1.165, 1.54) is 12.1 Å². The number of anilines is 1. The van der Waals surface area contributed by atoms with Crippen LogP contribution in [0.15, 0.2) is 12.1 Å². The van der Waals surface area contributed by atoms with E-state index in [2.05, 4.69) is 5.32 Å². The Morgan fingerprint density at radius 3 is 2.33 bits per heavy atom. The molecule has 0 radical (unpaired) electrons. The van der Waals surface area contributed by atoms with Crippen molar-refractivity contribution in [2.75, 3.05) is 5.32 Å². The third-order valence-electron chi connectivity index (χ3n) is 2.48. The van der Waals surface area contributed by atoms with E-state index >= 15 is 0 Å². The number of carboxylic acids is 2. The van der Waals surface area contributed by atoms with E-state index in [1.807, 2.05) is 5.32 Å². The van der Waals surface area contributed by atoms with E-state index in [9.17, 15) is 14.4 Å². The normalized spacial score (nSPS) is 11.6. The van der Waals surface area contributed by atoms with Crippen molar-refractivity contribution < 1.29 is 24.6 Å². The van der Waals surface area contributed by atoms with E-state index in [0.29, 0.717) is 10.6 Å². The summed E-state index contributed by atoms with van der Waals surface area (Å²) in [5, 5.41) is 22.3. The molecule has 4 N–H and O–H groups in total. The first kappa shape index (κ1) is 17.1. The predicted octanol–water partition coefficient (Wildman–Crippen LogP) is 2.35. The van der Waals surface area contributed by atoms with Crippen LogP contribution in [-0.4, -0.2) is 34.2 Å². The number of aryl methyl sites for hydroxylation is 1. The van der Waals surface area contributed by atoms with Crippen LogP contribution >= 0.6 is 23.2 Å². The smallest absolute Gasteiger partial charge is 0.326 e. The average molecular weight is 335 g/mol. The maximum atomic E-state index is 11.7. The second kappa shape index (κ2) is 7.14. The van der Waals surface area contributed by atoms with E-state index < -0.39 is 30.4 Å². The predicted molar refractivity (Wildman–Crippen MR) is 77.0 cm³/mol. The van der Waals surface area contributed by atoms with Gasteiger partial charge in [-0.15, -0.1) is 0 Å². The van der Waals surface area contributed by atoms with Gasteiger partial charge in [0.1, 0.15) is 6.04 Å². The van der Waals surface area contributed by atoms with Crippen molar-refractivity contribution >= 4 is 46.9 Å². The van der Waals surface area contributed by atoms with Crippen LogP contribution in [0.2, 0.25) is 10.0 Å². The maximum absolute atomic E-state index is 11.7. The largest absolute Gasteiger partial charge is 0.481 e. The molecule has 0 aliphatic rings. The standard InChI is InChI=1S/C12H12Cl2N2O5/c1-5-2-7(14)8(3-6(5)13)15-12(21)16-9(11(19)20)4-10(17)18/h2-3,9H,4H2,1H3,(H,17,18)(H,19,20)(H2,15,16,21)/t9-/m0/s1. The Bertz CT molecular complexity index is 591. The Morgan fingerprint density at radius 2 is 1.81 bits per heavy atom. The summed E-state index contributed by atoms with van der Waals surface area (Å²) >= 11 is 11.8. The van der Waals surface area contributed by atoms with Gasteiger partial charge in [-0.05, 0) is 24.6 Å². The van der Waals surface area contributed by atoms with Crippen LogP contribution in [0.1, 0.15) is 12.0 Å². The van der Waals surface area contributed by atoms with Gasteiger partial charge in [0.2, 0.25) is 0 Å². The van der Waals surface area contributed by atoms with Gasteiger partial charge < -0.3 is 20.8 Å². The number of aliphatic carboxylic acids is 2. The lowest BCUT2D eigenvalue weighted by Crippen LogP contribution is -2.44. The molecule has 0 aliphatic carbocycles. The molecule has 114 valence electrons. The minimum atomic E-state index is -1.55. The Kier molecular flexibility index (Phi) is 5.80. The summed E-state index contributed by atoms with van der Waals surface area (Å²) in [4.78, 5) is 33.0. The lowest BCUT2D eigenvalue weighted by Gasteiger charge is -2.14. The lowest BCUT2D eigenvalue weighted by atomic mass is 10.2. The molecule has 1 aromatic rings. The minimum absolute atomic E-state index is 0.184. The van der Waals surface area contributed by atoms with Gasteiger partial charge in [-0.2, -0.15) is 0 Å². The van der Waals surface area contributed by atoms with E-state index in [1.54, 1.807) is 6.92 Å². The van der Waals surface area contributed by atoms with Crippen molar-refractivity contribution in [1.29, 1.82) is 0 Å². The number of benzene rings is 1. The van der Waals surface area contributed by atoms with E-state index in [0.717, 1.165) is 0 Å². The van der Waals surface area contributed by atoms with Gasteiger partial charge in [-0.1, -0.05) is 23.2 Å². The van der Waals surface area contributed by atoms with Crippen molar-refractivity contribution in [2.24, 2.45) is 0 Å². The average Bonchev–Trinajstić information content (AvgIpc) is 2.34. The summed E-state index contributed by atoms with van der Waals surface area (Å²) in [6.45, 7) is 1.73. The van der Waals surface area contributed by atoms with Crippen LogP contribution in [0.4, 0.5) is 10.5 Å². The Hall–Kier alpha value is -1.99. The SMILES string of the molecule is Cc1cc(Cl)c(NC(=O)N[C@@H](CC(=O)O)C(=O)O)cc1Cl. The highest BCUT2D eigenvalue weighted by Gasteiger charge is 2.23. The molecule has 0 aliphatic heterocycles. The maximum Gasteiger partial charge on any atom is 0.326 e. The zero-order valence-electron chi connectivity index (χ0n) is 10.8. The molecular formula is C12H12Cl2N2O5. The third kappa shape index (κ3) is 5.13. The van der Waals surface area contributed by atoms with Gasteiger partial charge in [0.15, 0.2) is 0 Å². The fraction of sp³-hybridized carbons (Fsp3) is 0.250. The first-order valence-electron chi connectivity index (χ1n) is 5.68. The van der Waals surface area contributed by atoms with Gasteiger partial charge in [0.05, 0.1) is 17.1 Å². The molecule has 2 amide bonds. The quantitative estimate of drug-likeness (QED) is 0.659. The molecular weight excluding hydrogens is 323 g/mol. The zero-order chi connectivity index (χ0) is 16.2. The number of carboxylic acid groups (broad SMARTS) is 2.